The van der Waals surface area contributed by atoms with Crippen molar-refractivity contribution in [1.82, 2.24) is 15.2 Å². The van der Waals surface area contributed by atoms with Crippen LogP contribution in [0.25, 0.3) is 0 Å². The summed E-state index contributed by atoms with van der Waals surface area (Å²) in [6.07, 6.45) is 1.10. The van der Waals surface area contributed by atoms with E-state index in [-0.39, 0.29) is 17.1 Å². The predicted octanol–water partition coefficient (Wildman–Crippen LogP) is 1.83. The maximum Gasteiger partial charge on any atom is 0.288 e. The summed E-state index contributed by atoms with van der Waals surface area (Å²) in [7, 11) is 0. The highest BCUT2D eigenvalue weighted by Gasteiger charge is 2.19. The van der Waals surface area contributed by atoms with Crippen LogP contribution >= 0.6 is 11.3 Å². The molecule has 10 heteroatoms. The number of amides is 1. The van der Waals surface area contributed by atoms with Crippen LogP contribution in [0.15, 0.2) is 12.3 Å². The van der Waals surface area contributed by atoms with Gasteiger partial charge in [0.25, 0.3) is 11.6 Å². The van der Waals surface area contributed by atoms with Gasteiger partial charge in [-0.05, 0) is 13.8 Å². The van der Waals surface area contributed by atoms with Gasteiger partial charge in [-0.1, -0.05) is 11.3 Å². The van der Waals surface area contributed by atoms with Gasteiger partial charge in [0.1, 0.15) is 17.0 Å². The Bertz CT molecular complexity index is 686. The summed E-state index contributed by atoms with van der Waals surface area (Å²) in [6, 6.07) is 1.17. The number of carbonyl (C=O) groups excluding carboxylic acids is 1. The average molecular weight is 308 g/mol. The molecule has 2 aromatic rings. The van der Waals surface area contributed by atoms with Crippen molar-refractivity contribution >= 4 is 33.9 Å². The van der Waals surface area contributed by atoms with Crippen LogP contribution in [0, 0.1) is 17.0 Å². The molecule has 2 aromatic heterocycles. The van der Waals surface area contributed by atoms with Crippen LogP contribution in [-0.2, 0) is 0 Å². The van der Waals surface area contributed by atoms with Gasteiger partial charge in [0.15, 0.2) is 0 Å². The molecule has 0 aliphatic heterocycles. The van der Waals surface area contributed by atoms with Crippen molar-refractivity contribution in [2.45, 2.75) is 13.8 Å². The van der Waals surface area contributed by atoms with Crippen molar-refractivity contribution in [2.24, 2.45) is 0 Å². The summed E-state index contributed by atoms with van der Waals surface area (Å²) >= 11 is 1.21. The summed E-state index contributed by atoms with van der Waals surface area (Å²) in [5.41, 5.74) is -0.172. The molecule has 0 radical (unpaired) electrons. The first-order valence-corrected chi connectivity index (χ1v) is 6.82. The van der Waals surface area contributed by atoms with Crippen LogP contribution in [0.4, 0.5) is 16.6 Å². The summed E-state index contributed by atoms with van der Waals surface area (Å²) in [4.78, 5) is 26.3. The first kappa shape index (κ1) is 14.8. The van der Waals surface area contributed by atoms with E-state index in [1.807, 2.05) is 6.92 Å². The van der Waals surface area contributed by atoms with Crippen molar-refractivity contribution in [1.29, 1.82) is 0 Å². The van der Waals surface area contributed by atoms with Gasteiger partial charge in [0.2, 0.25) is 5.13 Å². The Morgan fingerprint density at radius 2 is 2.24 bits per heavy atom. The highest BCUT2D eigenvalue weighted by molar-refractivity contribution is 7.15. The summed E-state index contributed by atoms with van der Waals surface area (Å²) in [5, 5.41) is 24.8. The van der Waals surface area contributed by atoms with Crippen molar-refractivity contribution in [3.05, 3.63) is 32.9 Å². The van der Waals surface area contributed by atoms with E-state index < -0.39 is 10.8 Å². The normalized spacial score (nSPS) is 10.2. The standard InChI is InChI=1S/C11H12N6O3S/c1-3-12-9-8(4-7(5-13-9)17(19)20)10(18)14-11-16-15-6(2)21-11/h4-5H,3H2,1-2H3,(H,12,13)(H,14,16,18). The van der Waals surface area contributed by atoms with E-state index in [1.165, 1.54) is 17.4 Å². The Hall–Kier alpha value is -2.62. The Morgan fingerprint density at radius 3 is 2.81 bits per heavy atom. The maximum absolute atomic E-state index is 12.2. The van der Waals surface area contributed by atoms with Crippen LogP contribution in [0.3, 0.4) is 0 Å². The Morgan fingerprint density at radius 1 is 1.48 bits per heavy atom. The molecule has 0 saturated heterocycles. The minimum Gasteiger partial charge on any atom is -0.370 e. The van der Waals surface area contributed by atoms with Gasteiger partial charge in [0.05, 0.1) is 10.5 Å². The number of rotatable bonds is 5. The molecule has 1 amide bonds. The van der Waals surface area contributed by atoms with Gasteiger partial charge in [-0.25, -0.2) is 4.98 Å². The number of aryl methyl sites for hydroxylation is 1. The van der Waals surface area contributed by atoms with E-state index in [4.69, 9.17) is 0 Å². The smallest absolute Gasteiger partial charge is 0.288 e. The Kier molecular flexibility index (Phi) is 4.38. The molecule has 0 saturated carbocycles. The van der Waals surface area contributed by atoms with Crippen molar-refractivity contribution in [3.63, 3.8) is 0 Å². The van der Waals surface area contributed by atoms with E-state index in [0.29, 0.717) is 16.7 Å². The van der Waals surface area contributed by atoms with Gasteiger partial charge in [0, 0.05) is 12.6 Å². The highest BCUT2D eigenvalue weighted by Crippen LogP contribution is 2.21. The molecular formula is C11H12N6O3S. The quantitative estimate of drug-likeness (QED) is 0.638. The van der Waals surface area contributed by atoms with Gasteiger partial charge in [-0.3, -0.25) is 20.2 Å². The molecule has 0 atom stereocenters. The van der Waals surface area contributed by atoms with Gasteiger partial charge < -0.3 is 5.32 Å². The molecule has 2 heterocycles. The topological polar surface area (TPSA) is 123 Å². The lowest BCUT2D eigenvalue weighted by Gasteiger charge is -2.08. The zero-order valence-corrected chi connectivity index (χ0v) is 12.1. The fourth-order valence-electron chi connectivity index (χ4n) is 1.55. The van der Waals surface area contributed by atoms with Gasteiger partial charge in [-0.2, -0.15) is 0 Å². The molecule has 9 nitrogen and oxygen atoms in total. The molecule has 0 fully saturated rings. The number of hydrogen-bond acceptors (Lipinski definition) is 8. The SMILES string of the molecule is CCNc1ncc([N+](=O)[O-])cc1C(=O)Nc1nnc(C)s1. The first-order chi connectivity index (χ1) is 10.0. The third-order valence-corrected chi connectivity index (χ3v) is 3.17. The minimum absolute atomic E-state index is 0.0823. The Balaban J connectivity index is 2.32. The predicted molar refractivity (Wildman–Crippen MR) is 77.7 cm³/mol. The van der Waals surface area contributed by atoms with Crippen LogP contribution in [0.2, 0.25) is 0 Å². The maximum atomic E-state index is 12.2. The van der Waals surface area contributed by atoms with Crippen molar-refractivity contribution < 1.29 is 9.72 Å². The number of nitrogens with one attached hydrogen (secondary N) is 2. The lowest BCUT2D eigenvalue weighted by Crippen LogP contribution is -2.16. The molecule has 0 bridgehead atoms. The van der Waals surface area contributed by atoms with Crippen LogP contribution in [0.1, 0.15) is 22.3 Å². The second-order valence-electron chi connectivity index (χ2n) is 3.96. The molecule has 2 rings (SSSR count). The number of aromatic nitrogens is 3. The van der Waals surface area contributed by atoms with Gasteiger partial charge >= 0.3 is 0 Å². The fraction of sp³-hybridized carbons (Fsp3) is 0.273. The molecule has 21 heavy (non-hydrogen) atoms. The van der Waals surface area contributed by atoms with Gasteiger partial charge in [-0.15, -0.1) is 10.2 Å². The number of anilines is 2. The largest absolute Gasteiger partial charge is 0.370 e. The first-order valence-electron chi connectivity index (χ1n) is 6.01. The van der Waals surface area contributed by atoms with Crippen LogP contribution < -0.4 is 10.6 Å². The number of hydrogen-bond donors (Lipinski definition) is 2. The van der Waals surface area contributed by atoms with E-state index in [2.05, 4.69) is 25.8 Å². The number of nitrogens with zero attached hydrogens (tertiary/aromatic N) is 4. The molecular weight excluding hydrogens is 296 g/mol. The van der Waals surface area contributed by atoms with E-state index in [1.54, 1.807) is 6.92 Å². The third kappa shape index (κ3) is 3.48. The van der Waals surface area contributed by atoms with Crippen molar-refractivity contribution in [3.8, 4) is 0 Å². The molecule has 110 valence electrons. The zero-order valence-electron chi connectivity index (χ0n) is 11.3. The van der Waals surface area contributed by atoms with E-state index in [0.717, 1.165) is 6.20 Å². The fourth-order valence-corrected chi connectivity index (χ4v) is 2.13. The molecule has 0 spiro atoms. The molecule has 0 aliphatic carbocycles. The highest BCUT2D eigenvalue weighted by atomic mass is 32.1. The van der Waals surface area contributed by atoms with E-state index >= 15 is 0 Å². The van der Waals surface area contributed by atoms with Crippen molar-refractivity contribution in [2.75, 3.05) is 17.2 Å². The number of carbonyl (C=O) groups is 1. The van der Waals surface area contributed by atoms with E-state index in [9.17, 15) is 14.9 Å². The monoisotopic (exact) mass is 308 g/mol. The molecule has 0 aliphatic rings. The average Bonchev–Trinajstić information content (AvgIpc) is 2.84. The zero-order chi connectivity index (χ0) is 15.4. The lowest BCUT2D eigenvalue weighted by atomic mass is 10.2. The second-order valence-corrected chi connectivity index (χ2v) is 5.14. The summed E-state index contributed by atoms with van der Waals surface area (Å²) in [6.45, 7) is 4.12. The summed E-state index contributed by atoms with van der Waals surface area (Å²) < 4.78 is 0. The molecule has 0 unspecified atom stereocenters. The number of nitro groups is 1. The second kappa shape index (κ2) is 6.22. The Labute approximate surface area is 123 Å². The molecule has 0 aromatic carbocycles. The summed E-state index contributed by atoms with van der Waals surface area (Å²) in [5.74, 6) is -0.250. The third-order valence-electron chi connectivity index (χ3n) is 2.42. The molecule has 2 N–H and O–H groups in total. The van der Waals surface area contributed by atoms with Crippen LogP contribution in [-0.4, -0.2) is 32.6 Å². The van der Waals surface area contributed by atoms with Crippen LogP contribution in [0.5, 0.6) is 0 Å². The number of pyridine rings is 1. The lowest BCUT2D eigenvalue weighted by molar-refractivity contribution is -0.385. The minimum atomic E-state index is -0.603.